The van der Waals surface area contributed by atoms with E-state index < -0.39 is 17.1 Å². The lowest BCUT2D eigenvalue weighted by molar-refractivity contribution is -0.138. The summed E-state index contributed by atoms with van der Waals surface area (Å²) in [6.07, 6.45) is 0. The van der Waals surface area contributed by atoms with Crippen LogP contribution in [0.1, 0.15) is 27.8 Å². The fourth-order valence-corrected chi connectivity index (χ4v) is 6.37. The number of carbonyl (C=O) groups is 2. The lowest BCUT2D eigenvalue weighted by Crippen LogP contribution is -2.37. The number of nitrogens with two attached hydrogens (primary N) is 1. The number of hydrogen-bond acceptors (Lipinski definition) is 8. The van der Waals surface area contributed by atoms with Gasteiger partial charge in [0, 0.05) is 9.75 Å². The van der Waals surface area contributed by atoms with Gasteiger partial charge in [-0.25, -0.2) is 4.79 Å². The van der Waals surface area contributed by atoms with Gasteiger partial charge in [0.2, 0.25) is 0 Å². The zero-order valence-corrected chi connectivity index (χ0v) is 17.2. The molecule has 0 spiro atoms. The van der Waals surface area contributed by atoms with Gasteiger partial charge in [0.15, 0.2) is 0 Å². The van der Waals surface area contributed by atoms with Crippen LogP contribution in [0.25, 0.3) is 0 Å². The Morgan fingerprint density at radius 3 is 2.54 bits per heavy atom. The lowest BCUT2D eigenvalue weighted by Gasteiger charge is -2.30. The van der Waals surface area contributed by atoms with Gasteiger partial charge in [0.05, 0.1) is 34.8 Å². The van der Waals surface area contributed by atoms with Crippen LogP contribution in [0.2, 0.25) is 0 Å². The van der Waals surface area contributed by atoms with Crippen molar-refractivity contribution in [3.63, 3.8) is 0 Å². The van der Waals surface area contributed by atoms with Crippen molar-refractivity contribution in [1.82, 2.24) is 4.90 Å². The third kappa shape index (κ3) is 2.85. The van der Waals surface area contributed by atoms with Gasteiger partial charge in [-0.3, -0.25) is 9.69 Å². The van der Waals surface area contributed by atoms with Crippen molar-refractivity contribution in [2.45, 2.75) is 18.1 Å². The Labute approximate surface area is 173 Å². The van der Waals surface area contributed by atoms with Crippen LogP contribution in [0.5, 0.6) is 0 Å². The van der Waals surface area contributed by atoms with Gasteiger partial charge in [-0.05, 0) is 29.8 Å². The maximum atomic E-state index is 13.1. The van der Waals surface area contributed by atoms with Gasteiger partial charge >= 0.3 is 5.97 Å². The minimum atomic E-state index is -0.641. The fourth-order valence-electron chi connectivity index (χ4n) is 3.28. The van der Waals surface area contributed by atoms with Gasteiger partial charge in [0.1, 0.15) is 11.1 Å². The lowest BCUT2D eigenvalue weighted by atomic mass is 9.87. The summed E-state index contributed by atoms with van der Waals surface area (Å²) >= 11 is 4.19. The second-order valence-electron chi connectivity index (χ2n) is 5.99. The molecule has 0 bridgehead atoms. The second-order valence-corrected chi connectivity index (χ2v) is 9.04. The Balaban J connectivity index is 1.93. The predicted octanol–water partition coefficient (Wildman–Crippen LogP) is 3.69. The van der Waals surface area contributed by atoms with Crippen molar-refractivity contribution in [2.24, 2.45) is 5.73 Å². The summed E-state index contributed by atoms with van der Waals surface area (Å²) < 4.78 is 5.29. The molecule has 9 heteroatoms. The van der Waals surface area contributed by atoms with Crippen molar-refractivity contribution >= 4 is 46.3 Å². The third-order valence-corrected chi connectivity index (χ3v) is 7.79. The summed E-state index contributed by atoms with van der Waals surface area (Å²) in [6, 6.07) is 9.58. The average molecular weight is 430 g/mol. The molecule has 2 aliphatic rings. The van der Waals surface area contributed by atoms with Crippen molar-refractivity contribution in [3.05, 3.63) is 66.8 Å². The van der Waals surface area contributed by atoms with Crippen LogP contribution in [0.3, 0.4) is 0 Å². The minimum absolute atomic E-state index is 0.0838. The number of fused-ring (bicyclic) bond motifs is 1. The highest BCUT2D eigenvalue weighted by Gasteiger charge is 2.49. The van der Waals surface area contributed by atoms with E-state index in [-0.39, 0.29) is 23.9 Å². The van der Waals surface area contributed by atoms with E-state index in [9.17, 15) is 14.9 Å². The van der Waals surface area contributed by atoms with E-state index in [0.717, 1.165) is 9.75 Å². The highest BCUT2D eigenvalue weighted by molar-refractivity contribution is 8.04. The molecule has 6 nitrogen and oxygen atoms in total. The molecule has 1 amide bonds. The first-order valence-corrected chi connectivity index (χ1v) is 11.1. The minimum Gasteiger partial charge on any atom is -0.463 e. The number of rotatable bonds is 4. The van der Waals surface area contributed by atoms with E-state index >= 15 is 0 Å². The molecule has 0 saturated carbocycles. The van der Waals surface area contributed by atoms with E-state index in [2.05, 4.69) is 6.07 Å². The Kier molecular flexibility index (Phi) is 5.02. The summed E-state index contributed by atoms with van der Waals surface area (Å²) in [7, 11) is 0. The Hall–Kier alpha value is -2.54. The number of allylic oxidation sites excluding steroid dienone is 1. The van der Waals surface area contributed by atoms with Gasteiger partial charge in [-0.1, -0.05) is 23.9 Å². The second kappa shape index (κ2) is 7.47. The third-order valence-electron chi connectivity index (χ3n) is 4.45. The Morgan fingerprint density at radius 2 is 1.96 bits per heavy atom. The molecule has 0 radical (unpaired) electrons. The van der Waals surface area contributed by atoms with Crippen molar-refractivity contribution in [3.8, 4) is 6.07 Å². The molecule has 1 saturated heterocycles. The molecular formula is C19H15N3O3S3. The number of hydrogen-bond donors (Lipinski definition) is 1. The molecule has 0 aliphatic carbocycles. The number of nitrogens with zero attached hydrogens (tertiary/aromatic N) is 2. The molecule has 2 aromatic rings. The van der Waals surface area contributed by atoms with Gasteiger partial charge in [-0.2, -0.15) is 5.26 Å². The van der Waals surface area contributed by atoms with E-state index in [4.69, 9.17) is 10.5 Å². The number of esters is 1. The van der Waals surface area contributed by atoms with E-state index in [1.165, 1.54) is 39.3 Å². The fraction of sp³-hybridized carbons (Fsp3) is 0.211. The molecule has 0 unspecified atom stereocenters. The zero-order valence-electron chi connectivity index (χ0n) is 14.7. The number of ether oxygens (including phenoxy) is 1. The first kappa shape index (κ1) is 18.8. The number of carbonyl (C=O) groups excluding carboxylic acids is 2. The van der Waals surface area contributed by atoms with Crippen LogP contribution in [0.15, 0.2) is 57.0 Å². The van der Waals surface area contributed by atoms with Crippen molar-refractivity contribution < 1.29 is 14.3 Å². The van der Waals surface area contributed by atoms with Crippen LogP contribution in [-0.4, -0.2) is 23.4 Å². The largest absolute Gasteiger partial charge is 0.463 e. The molecule has 2 N–H and O–H groups in total. The standard InChI is InChI=1S/C19H15N3O3S3/c1-2-25-19(24)14-13(11-5-3-7-26-11)10(9-20)16(21)22-17(23)15(28-18(14)22)12-6-4-8-27-12/h3-8,13,15H,2,21H2,1H3/t13-,15+/m1/s1. The zero-order chi connectivity index (χ0) is 19.8. The number of thiophene rings is 2. The monoisotopic (exact) mass is 429 g/mol. The highest BCUT2D eigenvalue weighted by Crippen LogP contribution is 2.54. The van der Waals surface area contributed by atoms with E-state index in [1.54, 1.807) is 6.92 Å². The summed E-state index contributed by atoms with van der Waals surface area (Å²) in [4.78, 5) is 29.0. The van der Waals surface area contributed by atoms with Crippen LogP contribution in [-0.2, 0) is 14.3 Å². The average Bonchev–Trinajstić information content (AvgIpc) is 3.43. The molecule has 0 aromatic carbocycles. The van der Waals surface area contributed by atoms with Crippen LogP contribution in [0, 0.1) is 11.3 Å². The van der Waals surface area contributed by atoms with Gasteiger partial charge in [0.25, 0.3) is 5.91 Å². The SMILES string of the molecule is CCOC(=O)C1=C2S[C@@H](c3cccs3)C(=O)N2C(N)=C(C#N)[C@@H]1c1cccs1. The molecule has 2 aromatic heterocycles. The number of nitriles is 1. The van der Waals surface area contributed by atoms with Crippen molar-refractivity contribution in [1.29, 1.82) is 5.26 Å². The quantitative estimate of drug-likeness (QED) is 0.745. The van der Waals surface area contributed by atoms with Crippen LogP contribution >= 0.6 is 34.4 Å². The topological polar surface area (TPSA) is 96.4 Å². The summed E-state index contributed by atoms with van der Waals surface area (Å²) in [5, 5.41) is 13.5. The predicted molar refractivity (Wildman–Crippen MR) is 109 cm³/mol. The highest BCUT2D eigenvalue weighted by atomic mass is 32.2. The van der Waals surface area contributed by atoms with Crippen molar-refractivity contribution in [2.75, 3.05) is 6.61 Å². The molecule has 4 rings (SSSR count). The molecule has 2 aliphatic heterocycles. The van der Waals surface area contributed by atoms with E-state index in [0.29, 0.717) is 10.6 Å². The summed E-state index contributed by atoms with van der Waals surface area (Å²) in [5.41, 5.74) is 6.77. The molecule has 28 heavy (non-hydrogen) atoms. The Bertz CT molecular complexity index is 1030. The maximum absolute atomic E-state index is 13.1. The van der Waals surface area contributed by atoms with Crippen LogP contribution < -0.4 is 5.73 Å². The summed E-state index contributed by atoms with van der Waals surface area (Å²) in [6.45, 7) is 1.92. The molecule has 2 atom stereocenters. The Morgan fingerprint density at radius 1 is 1.29 bits per heavy atom. The molecule has 1 fully saturated rings. The normalized spacial score (nSPS) is 21.7. The smallest absolute Gasteiger partial charge is 0.337 e. The first-order chi connectivity index (χ1) is 13.6. The number of thioether (sulfide) groups is 1. The molecular weight excluding hydrogens is 414 g/mol. The maximum Gasteiger partial charge on any atom is 0.337 e. The first-order valence-electron chi connectivity index (χ1n) is 8.46. The van der Waals surface area contributed by atoms with Gasteiger partial charge < -0.3 is 10.5 Å². The molecule has 142 valence electrons. The number of amides is 1. The summed E-state index contributed by atoms with van der Waals surface area (Å²) in [5.74, 6) is -1.34. The van der Waals surface area contributed by atoms with E-state index in [1.807, 2.05) is 35.0 Å². The van der Waals surface area contributed by atoms with Gasteiger partial charge in [-0.15, -0.1) is 22.7 Å². The van der Waals surface area contributed by atoms with Crippen LogP contribution in [0.4, 0.5) is 0 Å². The molecule has 4 heterocycles.